The summed E-state index contributed by atoms with van der Waals surface area (Å²) in [7, 11) is -4.18. The molecule has 0 bridgehead atoms. The first-order valence-electron chi connectivity index (χ1n) is 6.75. The van der Waals surface area contributed by atoms with Crippen molar-refractivity contribution in [1.82, 2.24) is 10.0 Å². The van der Waals surface area contributed by atoms with Crippen LogP contribution >= 0.6 is 12.4 Å². The molecule has 0 saturated carbocycles. The van der Waals surface area contributed by atoms with E-state index in [1.54, 1.807) is 0 Å². The van der Waals surface area contributed by atoms with E-state index in [9.17, 15) is 21.6 Å². The Kier molecular flexibility index (Phi) is 7.11. The summed E-state index contributed by atoms with van der Waals surface area (Å²) in [6.45, 7) is 1.91. The van der Waals surface area contributed by atoms with Crippen molar-refractivity contribution in [2.45, 2.75) is 24.2 Å². The lowest BCUT2D eigenvalue weighted by atomic mass is 9.96. The Bertz CT molecular complexity index is 608. The molecule has 1 aromatic carbocycles. The summed E-state index contributed by atoms with van der Waals surface area (Å²) in [5.74, 6) is -3.76. The zero-order valence-corrected chi connectivity index (χ0v) is 13.4. The quantitative estimate of drug-likeness (QED) is 0.793. The van der Waals surface area contributed by atoms with Crippen LogP contribution in [0, 0.1) is 23.4 Å². The molecule has 1 atom stereocenters. The third-order valence-electron chi connectivity index (χ3n) is 3.51. The van der Waals surface area contributed by atoms with Crippen molar-refractivity contribution >= 4 is 22.4 Å². The lowest BCUT2D eigenvalue weighted by molar-refractivity contribution is 0.358. The third kappa shape index (κ3) is 4.84. The fourth-order valence-electron chi connectivity index (χ4n) is 2.36. The van der Waals surface area contributed by atoms with Gasteiger partial charge in [0.15, 0.2) is 11.6 Å². The lowest BCUT2D eigenvalue weighted by Crippen LogP contribution is -2.33. The molecule has 22 heavy (non-hydrogen) atoms. The molecule has 1 unspecified atom stereocenters. The van der Waals surface area contributed by atoms with Crippen molar-refractivity contribution in [2.24, 2.45) is 5.92 Å². The molecule has 0 spiro atoms. The molecular formula is C13H18ClF3N2O2S. The van der Waals surface area contributed by atoms with E-state index in [0.717, 1.165) is 25.9 Å². The summed E-state index contributed by atoms with van der Waals surface area (Å²) in [5, 5.41) is 3.21. The minimum Gasteiger partial charge on any atom is -0.316 e. The van der Waals surface area contributed by atoms with Gasteiger partial charge in [-0.2, -0.15) is 0 Å². The highest BCUT2D eigenvalue weighted by Gasteiger charge is 2.22. The van der Waals surface area contributed by atoms with Gasteiger partial charge in [0.2, 0.25) is 10.0 Å². The van der Waals surface area contributed by atoms with Crippen LogP contribution in [0.15, 0.2) is 17.0 Å². The average molecular weight is 359 g/mol. The van der Waals surface area contributed by atoms with Crippen molar-refractivity contribution in [3.05, 3.63) is 29.6 Å². The highest BCUT2D eigenvalue weighted by molar-refractivity contribution is 7.89. The number of hydrogen-bond donors (Lipinski definition) is 2. The molecule has 1 aromatic rings. The molecule has 1 heterocycles. The van der Waals surface area contributed by atoms with Gasteiger partial charge in [0, 0.05) is 12.6 Å². The van der Waals surface area contributed by atoms with Gasteiger partial charge in [-0.1, -0.05) is 0 Å². The number of halogens is 4. The zero-order chi connectivity index (χ0) is 15.5. The van der Waals surface area contributed by atoms with Crippen molar-refractivity contribution in [1.29, 1.82) is 0 Å². The average Bonchev–Trinajstić information content (AvgIpc) is 2.43. The Morgan fingerprint density at radius 3 is 2.50 bits per heavy atom. The van der Waals surface area contributed by atoms with Crippen LogP contribution in [0.5, 0.6) is 0 Å². The van der Waals surface area contributed by atoms with E-state index < -0.39 is 32.4 Å². The fourth-order valence-corrected chi connectivity index (χ4v) is 3.47. The monoisotopic (exact) mass is 358 g/mol. The van der Waals surface area contributed by atoms with Crippen LogP contribution in [0.2, 0.25) is 0 Å². The lowest BCUT2D eigenvalue weighted by Gasteiger charge is -2.22. The maximum atomic E-state index is 13.5. The van der Waals surface area contributed by atoms with Crippen molar-refractivity contribution in [3.8, 4) is 0 Å². The molecule has 0 radical (unpaired) electrons. The predicted octanol–water partition coefficient (Wildman–Crippen LogP) is 2.19. The Morgan fingerprint density at radius 2 is 1.86 bits per heavy atom. The zero-order valence-electron chi connectivity index (χ0n) is 11.7. The Labute approximate surface area is 133 Å². The number of nitrogens with one attached hydrogen (secondary N) is 2. The van der Waals surface area contributed by atoms with Crippen LogP contribution in [-0.2, 0) is 10.0 Å². The van der Waals surface area contributed by atoms with E-state index in [2.05, 4.69) is 10.0 Å². The second kappa shape index (κ2) is 8.14. The van der Waals surface area contributed by atoms with Crippen LogP contribution in [0.1, 0.15) is 19.3 Å². The van der Waals surface area contributed by atoms with E-state index in [4.69, 9.17) is 0 Å². The molecule has 9 heteroatoms. The molecule has 0 amide bonds. The minimum atomic E-state index is -4.18. The number of hydrogen-bond acceptors (Lipinski definition) is 3. The van der Waals surface area contributed by atoms with E-state index in [-0.39, 0.29) is 25.0 Å². The van der Waals surface area contributed by atoms with Crippen LogP contribution in [0.25, 0.3) is 0 Å². The normalized spacial score (nSPS) is 18.8. The van der Waals surface area contributed by atoms with Crippen molar-refractivity contribution < 1.29 is 21.6 Å². The van der Waals surface area contributed by atoms with Crippen LogP contribution < -0.4 is 10.0 Å². The van der Waals surface area contributed by atoms with Gasteiger partial charge in [0.25, 0.3) is 0 Å². The Balaban J connectivity index is 0.00000242. The molecule has 1 saturated heterocycles. The first kappa shape index (κ1) is 19.2. The number of rotatable bonds is 5. The summed E-state index contributed by atoms with van der Waals surface area (Å²) in [4.78, 5) is -0.872. The summed E-state index contributed by atoms with van der Waals surface area (Å²) in [5.41, 5.74) is 0. The molecule has 2 rings (SSSR count). The smallest absolute Gasteiger partial charge is 0.243 e. The predicted molar refractivity (Wildman–Crippen MR) is 79.0 cm³/mol. The standard InChI is InChI=1S/C13H17F3N2O2S.ClH/c14-10-6-12(16)13(7-11(10)15)21(19,20)18-5-3-9-2-1-4-17-8-9;/h6-7,9,17-18H,1-5,8H2;1H. The number of benzene rings is 1. The molecular weight excluding hydrogens is 341 g/mol. The first-order valence-corrected chi connectivity index (χ1v) is 8.23. The van der Waals surface area contributed by atoms with Gasteiger partial charge >= 0.3 is 0 Å². The molecule has 0 aliphatic carbocycles. The van der Waals surface area contributed by atoms with Crippen LogP contribution in [-0.4, -0.2) is 28.1 Å². The van der Waals surface area contributed by atoms with Gasteiger partial charge < -0.3 is 5.32 Å². The van der Waals surface area contributed by atoms with Gasteiger partial charge in [-0.25, -0.2) is 26.3 Å². The van der Waals surface area contributed by atoms with Gasteiger partial charge in [0.1, 0.15) is 10.7 Å². The maximum absolute atomic E-state index is 13.5. The van der Waals surface area contributed by atoms with Gasteiger partial charge in [-0.05, 0) is 44.3 Å². The topological polar surface area (TPSA) is 58.2 Å². The largest absolute Gasteiger partial charge is 0.316 e. The molecule has 0 aromatic heterocycles. The van der Waals surface area contributed by atoms with E-state index in [1.807, 2.05) is 0 Å². The van der Waals surface area contributed by atoms with Gasteiger partial charge in [-0.15, -0.1) is 12.4 Å². The van der Waals surface area contributed by atoms with Crippen molar-refractivity contribution in [2.75, 3.05) is 19.6 Å². The molecule has 4 nitrogen and oxygen atoms in total. The molecule has 1 aliphatic rings. The summed E-state index contributed by atoms with van der Waals surface area (Å²) >= 11 is 0. The molecule has 2 N–H and O–H groups in total. The van der Waals surface area contributed by atoms with Crippen molar-refractivity contribution in [3.63, 3.8) is 0 Å². The number of sulfonamides is 1. The van der Waals surface area contributed by atoms with E-state index in [1.165, 1.54) is 0 Å². The van der Waals surface area contributed by atoms with Gasteiger partial charge in [0.05, 0.1) is 0 Å². The molecule has 1 fully saturated rings. The maximum Gasteiger partial charge on any atom is 0.243 e. The van der Waals surface area contributed by atoms with Crippen LogP contribution in [0.4, 0.5) is 13.2 Å². The summed E-state index contributed by atoms with van der Waals surface area (Å²) < 4.78 is 65.4. The number of piperidine rings is 1. The second-order valence-electron chi connectivity index (χ2n) is 5.10. The Hall–Kier alpha value is -0.830. The molecule has 1 aliphatic heterocycles. The minimum absolute atomic E-state index is 0. The molecule has 126 valence electrons. The highest BCUT2D eigenvalue weighted by atomic mass is 35.5. The van der Waals surface area contributed by atoms with Crippen LogP contribution in [0.3, 0.4) is 0 Å². The fraction of sp³-hybridized carbons (Fsp3) is 0.538. The summed E-state index contributed by atoms with van der Waals surface area (Å²) in [6.07, 6.45) is 2.65. The third-order valence-corrected chi connectivity index (χ3v) is 4.98. The second-order valence-corrected chi connectivity index (χ2v) is 6.83. The van der Waals surface area contributed by atoms with E-state index >= 15 is 0 Å². The van der Waals surface area contributed by atoms with E-state index in [0.29, 0.717) is 18.4 Å². The first-order chi connectivity index (χ1) is 9.90. The summed E-state index contributed by atoms with van der Waals surface area (Å²) in [6, 6.07) is 0.587. The van der Waals surface area contributed by atoms with Gasteiger partial charge in [-0.3, -0.25) is 0 Å². The SMILES string of the molecule is Cl.O=S(=O)(NCCC1CCCNC1)c1cc(F)c(F)cc1F. The highest BCUT2D eigenvalue weighted by Crippen LogP contribution is 2.19. The Morgan fingerprint density at radius 1 is 1.18 bits per heavy atom.